The zero-order valence-electron chi connectivity index (χ0n) is 14.9. The van der Waals surface area contributed by atoms with Crippen molar-refractivity contribution < 1.29 is 9.47 Å². The molecule has 2 N–H and O–H groups in total. The number of ether oxygens (including phenoxy) is 2. The molecular weight excluding hydrogens is 290 g/mol. The molecule has 0 saturated carbocycles. The van der Waals surface area contributed by atoms with Crippen molar-refractivity contribution in [1.29, 1.82) is 0 Å². The van der Waals surface area contributed by atoms with Crippen LogP contribution in [0.2, 0.25) is 0 Å². The molecule has 0 aliphatic heterocycles. The van der Waals surface area contributed by atoms with Gasteiger partial charge in [-0.1, -0.05) is 32.0 Å². The van der Waals surface area contributed by atoms with E-state index in [1.807, 2.05) is 18.2 Å². The van der Waals surface area contributed by atoms with Crippen LogP contribution in [0, 0.1) is 5.92 Å². The Morgan fingerprint density at radius 3 is 2.57 bits per heavy atom. The predicted octanol–water partition coefficient (Wildman–Crippen LogP) is 2.47. The van der Waals surface area contributed by atoms with E-state index in [0.717, 1.165) is 44.2 Å². The van der Waals surface area contributed by atoms with Crippen LogP contribution in [0.1, 0.15) is 25.8 Å². The third-order valence-electron chi connectivity index (χ3n) is 3.48. The standard InChI is InChI=1S/C18H31N3O2/c1-15(2)10-13-23-14-12-21-18(19-3)20-11-9-16-7-5-6-8-17(16)22-4/h5-8,15H,9-14H2,1-4H3,(H2,19,20,21). The molecule has 0 fully saturated rings. The summed E-state index contributed by atoms with van der Waals surface area (Å²) >= 11 is 0. The molecule has 1 aromatic carbocycles. The van der Waals surface area contributed by atoms with Gasteiger partial charge in [-0.3, -0.25) is 4.99 Å². The van der Waals surface area contributed by atoms with Crippen LogP contribution in [-0.4, -0.2) is 46.4 Å². The number of benzene rings is 1. The summed E-state index contributed by atoms with van der Waals surface area (Å²) in [6, 6.07) is 8.07. The van der Waals surface area contributed by atoms with Crippen molar-refractivity contribution in [1.82, 2.24) is 10.6 Å². The van der Waals surface area contributed by atoms with E-state index in [9.17, 15) is 0 Å². The summed E-state index contributed by atoms with van der Waals surface area (Å²) in [7, 11) is 3.48. The topological polar surface area (TPSA) is 54.9 Å². The molecule has 23 heavy (non-hydrogen) atoms. The lowest BCUT2D eigenvalue weighted by molar-refractivity contribution is 0.128. The van der Waals surface area contributed by atoms with E-state index in [-0.39, 0.29) is 0 Å². The van der Waals surface area contributed by atoms with E-state index in [0.29, 0.717) is 12.5 Å². The Balaban J connectivity index is 2.19. The molecule has 0 aliphatic carbocycles. The van der Waals surface area contributed by atoms with E-state index in [1.165, 1.54) is 5.56 Å². The van der Waals surface area contributed by atoms with Gasteiger partial charge in [0.25, 0.3) is 0 Å². The molecule has 0 heterocycles. The molecule has 0 unspecified atom stereocenters. The van der Waals surface area contributed by atoms with Gasteiger partial charge in [-0.25, -0.2) is 0 Å². The molecule has 5 heteroatoms. The first-order valence-electron chi connectivity index (χ1n) is 8.31. The average Bonchev–Trinajstić information content (AvgIpc) is 2.56. The van der Waals surface area contributed by atoms with Crippen molar-refractivity contribution in [3.05, 3.63) is 29.8 Å². The van der Waals surface area contributed by atoms with Gasteiger partial charge in [0.1, 0.15) is 5.75 Å². The molecule has 5 nitrogen and oxygen atoms in total. The van der Waals surface area contributed by atoms with Crippen LogP contribution in [0.15, 0.2) is 29.3 Å². The van der Waals surface area contributed by atoms with E-state index in [1.54, 1.807) is 14.2 Å². The Labute approximate surface area is 140 Å². The number of para-hydroxylation sites is 1. The zero-order valence-corrected chi connectivity index (χ0v) is 14.9. The number of rotatable bonds is 10. The number of aliphatic imine (C=N–C) groups is 1. The minimum absolute atomic E-state index is 0.687. The van der Waals surface area contributed by atoms with Crippen LogP contribution < -0.4 is 15.4 Å². The molecule has 0 aromatic heterocycles. The Morgan fingerprint density at radius 2 is 1.87 bits per heavy atom. The van der Waals surface area contributed by atoms with Crippen molar-refractivity contribution in [2.75, 3.05) is 40.5 Å². The van der Waals surface area contributed by atoms with Gasteiger partial charge < -0.3 is 20.1 Å². The highest BCUT2D eigenvalue weighted by Crippen LogP contribution is 2.17. The molecule has 0 aliphatic rings. The van der Waals surface area contributed by atoms with Crippen molar-refractivity contribution >= 4 is 5.96 Å². The lowest BCUT2D eigenvalue weighted by atomic mass is 10.1. The smallest absolute Gasteiger partial charge is 0.191 e. The van der Waals surface area contributed by atoms with Crippen LogP contribution >= 0.6 is 0 Å². The number of hydrogen-bond acceptors (Lipinski definition) is 3. The molecule has 0 spiro atoms. The minimum atomic E-state index is 0.687. The first kappa shape index (κ1) is 19.3. The third-order valence-corrected chi connectivity index (χ3v) is 3.48. The second-order valence-electron chi connectivity index (χ2n) is 5.78. The zero-order chi connectivity index (χ0) is 16.9. The van der Waals surface area contributed by atoms with Gasteiger partial charge in [0.05, 0.1) is 13.7 Å². The van der Waals surface area contributed by atoms with Crippen molar-refractivity contribution in [3.8, 4) is 5.75 Å². The number of methoxy groups -OCH3 is 1. The van der Waals surface area contributed by atoms with Crippen molar-refractivity contribution in [3.63, 3.8) is 0 Å². The summed E-state index contributed by atoms with van der Waals surface area (Å²) in [6.07, 6.45) is 1.99. The third kappa shape index (κ3) is 8.45. The van der Waals surface area contributed by atoms with Crippen LogP contribution in [0.25, 0.3) is 0 Å². The molecule has 0 amide bonds. The summed E-state index contributed by atoms with van der Waals surface area (Å²) in [5.74, 6) is 2.41. The Bertz CT molecular complexity index is 461. The van der Waals surface area contributed by atoms with Crippen LogP contribution in [-0.2, 0) is 11.2 Å². The minimum Gasteiger partial charge on any atom is -0.496 e. The molecule has 1 aromatic rings. The second-order valence-corrected chi connectivity index (χ2v) is 5.78. The van der Waals surface area contributed by atoms with Crippen LogP contribution in [0.3, 0.4) is 0 Å². The number of nitrogens with zero attached hydrogens (tertiary/aromatic N) is 1. The van der Waals surface area contributed by atoms with Gasteiger partial charge in [-0.2, -0.15) is 0 Å². The summed E-state index contributed by atoms with van der Waals surface area (Å²) in [5, 5.41) is 6.56. The molecule has 0 radical (unpaired) electrons. The van der Waals surface area contributed by atoms with Gasteiger partial charge in [0, 0.05) is 26.7 Å². The second kappa shape index (κ2) is 11.8. The predicted molar refractivity (Wildman–Crippen MR) is 96.3 cm³/mol. The maximum Gasteiger partial charge on any atom is 0.191 e. The largest absolute Gasteiger partial charge is 0.496 e. The van der Waals surface area contributed by atoms with E-state index in [2.05, 4.69) is 35.5 Å². The highest BCUT2D eigenvalue weighted by atomic mass is 16.5. The molecule has 1 rings (SSSR count). The number of hydrogen-bond donors (Lipinski definition) is 2. The molecular formula is C18H31N3O2. The fourth-order valence-corrected chi connectivity index (χ4v) is 2.11. The summed E-state index contributed by atoms with van der Waals surface area (Å²) in [6.45, 7) is 7.48. The van der Waals surface area contributed by atoms with E-state index in [4.69, 9.17) is 9.47 Å². The average molecular weight is 321 g/mol. The van der Waals surface area contributed by atoms with E-state index < -0.39 is 0 Å². The molecule has 0 atom stereocenters. The van der Waals surface area contributed by atoms with E-state index >= 15 is 0 Å². The highest BCUT2D eigenvalue weighted by molar-refractivity contribution is 5.79. The Hall–Kier alpha value is -1.75. The fraction of sp³-hybridized carbons (Fsp3) is 0.611. The molecule has 130 valence electrons. The fourth-order valence-electron chi connectivity index (χ4n) is 2.11. The first-order chi connectivity index (χ1) is 11.2. The maximum absolute atomic E-state index is 5.58. The summed E-state index contributed by atoms with van der Waals surface area (Å²) in [4.78, 5) is 4.22. The Kier molecular flexibility index (Phi) is 9.87. The van der Waals surface area contributed by atoms with Gasteiger partial charge in [-0.05, 0) is 30.4 Å². The van der Waals surface area contributed by atoms with Gasteiger partial charge in [0.15, 0.2) is 5.96 Å². The quantitative estimate of drug-likeness (QED) is 0.395. The van der Waals surface area contributed by atoms with Gasteiger partial charge in [0.2, 0.25) is 0 Å². The monoisotopic (exact) mass is 321 g/mol. The number of nitrogens with one attached hydrogen (secondary N) is 2. The summed E-state index contributed by atoms with van der Waals surface area (Å²) < 4.78 is 10.9. The first-order valence-corrected chi connectivity index (χ1v) is 8.31. The number of guanidine groups is 1. The van der Waals surface area contributed by atoms with Crippen LogP contribution in [0.5, 0.6) is 5.75 Å². The highest BCUT2D eigenvalue weighted by Gasteiger charge is 2.02. The van der Waals surface area contributed by atoms with Crippen molar-refractivity contribution in [2.24, 2.45) is 10.9 Å². The maximum atomic E-state index is 5.58. The summed E-state index contributed by atoms with van der Waals surface area (Å²) in [5.41, 5.74) is 1.19. The van der Waals surface area contributed by atoms with Crippen molar-refractivity contribution in [2.45, 2.75) is 26.7 Å². The molecule has 0 saturated heterocycles. The Morgan fingerprint density at radius 1 is 1.13 bits per heavy atom. The normalized spacial score (nSPS) is 11.6. The van der Waals surface area contributed by atoms with Gasteiger partial charge in [-0.15, -0.1) is 0 Å². The molecule has 0 bridgehead atoms. The SMILES string of the molecule is CN=C(NCCOCCC(C)C)NCCc1ccccc1OC. The lowest BCUT2D eigenvalue weighted by Crippen LogP contribution is -2.39. The lowest BCUT2D eigenvalue weighted by Gasteiger charge is -2.13. The van der Waals surface area contributed by atoms with Gasteiger partial charge >= 0.3 is 0 Å². The van der Waals surface area contributed by atoms with Crippen LogP contribution in [0.4, 0.5) is 0 Å².